The van der Waals surface area contributed by atoms with Gasteiger partial charge < -0.3 is 10.2 Å². The van der Waals surface area contributed by atoms with Crippen molar-refractivity contribution in [2.45, 2.75) is 50.6 Å². The minimum Gasteiger partial charge on any atom is -0.331 e. The molecule has 1 aromatic heterocycles. The van der Waals surface area contributed by atoms with E-state index in [0.29, 0.717) is 5.92 Å². The number of rotatable bonds is 3. The largest absolute Gasteiger partial charge is 0.331 e. The van der Waals surface area contributed by atoms with Gasteiger partial charge in [0, 0.05) is 25.9 Å². The van der Waals surface area contributed by atoms with Crippen molar-refractivity contribution in [3.8, 4) is 0 Å². The molecule has 0 spiro atoms. The van der Waals surface area contributed by atoms with E-state index in [1.54, 1.807) is 9.58 Å². The summed E-state index contributed by atoms with van der Waals surface area (Å²) < 4.78 is 1.77. The number of nitrogens with zero attached hydrogens (tertiary/aromatic N) is 3. The van der Waals surface area contributed by atoms with Gasteiger partial charge in [-0.15, -0.1) is 0 Å². The number of aryl methyl sites for hydroxylation is 2. The van der Waals surface area contributed by atoms with Gasteiger partial charge in [-0.2, -0.15) is 5.10 Å². The molecule has 0 radical (unpaired) electrons. The molecule has 132 valence electrons. The quantitative estimate of drug-likeness (QED) is 0.928. The molecule has 0 saturated heterocycles. The molecule has 3 atom stereocenters. The zero-order chi connectivity index (χ0) is 17.6. The molecule has 2 aromatic rings. The minimum absolute atomic E-state index is 0.00705. The van der Waals surface area contributed by atoms with Gasteiger partial charge in [-0.05, 0) is 55.2 Å². The van der Waals surface area contributed by atoms with Crippen LogP contribution in [0.2, 0.25) is 0 Å². The number of benzene rings is 1. The van der Waals surface area contributed by atoms with Gasteiger partial charge >= 0.3 is 6.03 Å². The molecule has 2 amide bonds. The minimum atomic E-state index is -0.0161. The Bertz CT molecular complexity index is 797. The Morgan fingerprint density at radius 2 is 2.28 bits per heavy atom. The number of aromatic nitrogens is 2. The third-order valence-electron chi connectivity index (χ3n) is 5.94. The molecule has 1 aromatic carbocycles. The van der Waals surface area contributed by atoms with E-state index in [4.69, 9.17) is 0 Å². The molecule has 0 saturated carbocycles. The van der Waals surface area contributed by atoms with Crippen molar-refractivity contribution in [3.63, 3.8) is 0 Å². The summed E-state index contributed by atoms with van der Waals surface area (Å²) in [6, 6.07) is 6.70. The van der Waals surface area contributed by atoms with Crippen LogP contribution in [0.1, 0.15) is 66.4 Å². The highest BCUT2D eigenvalue weighted by atomic mass is 16.2. The first-order valence-electron chi connectivity index (χ1n) is 9.18. The number of urea groups is 1. The average molecular weight is 338 g/mol. The van der Waals surface area contributed by atoms with E-state index >= 15 is 0 Å². The molecule has 5 nitrogen and oxygen atoms in total. The second-order valence-electron chi connectivity index (χ2n) is 7.48. The van der Waals surface area contributed by atoms with E-state index < -0.39 is 0 Å². The highest BCUT2D eigenvalue weighted by Gasteiger charge is 2.35. The van der Waals surface area contributed by atoms with Crippen molar-refractivity contribution in [2.24, 2.45) is 7.05 Å². The number of carbonyl (C=O) groups excluding carboxylic acids is 1. The van der Waals surface area contributed by atoms with Crippen molar-refractivity contribution in [3.05, 3.63) is 52.8 Å². The molecule has 2 aliphatic rings. The van der Waals surface area contributed by atoms with Crippen LogP contribution in [0.4, 0.5) is 4.79 Å². The number of hydrogen-bond acceptors (Lipinski definition) is 2. The Kier molecular flexibility index (Phi) is 4.02. The zero-order valence-electron chi connectivity index (χ0n) is 15.2. The molecular weight excluding hydrogens is 312 g/mol. The fourth-order valence-electron chi connectivity index (χ4n) is 4.43. The van der Waals surface area contributed by atoms with E-state index in [9.17, 15) is 4.79 Å². The summed E-state index contributed by atoms with van der Waals surface area (Å²) in [6.45, 7) is 2.04. The third-order valence-corrected chi connectivity index (χ3v) is 5.94. The van der Waals surface area contributed by atoms with Gasteiger partial charge in [-0.25, -0.2) is 4.79 Å². The van der Waals surface area contributed by atoms with E-state index in [1.807, 2.05) is 33.4 Å². The van der Waals surface area contributed by atoms with Gasteiger partial charge in [0.25, 0.3) is 0 Å². The summed E-state index contributed by atoms with van der Waals surface area (Å²) in [7, 11) is 3.75. The Hall–Kier alpha value is -2.30. The molecule has 4 rings (SSSR count). The Labute approximate surface area is 149 Å². The van der Waals surface area contributed by atoms with Crippen LogP contribution in [0.15, 0.2) is 30.6 Å². The SMILES string of the molecule is C[C@H](c1cnn(C)c1)N(C)C(=O)N[C@H]1C[C@@H]2CCCc3cccc1c32. The molecule has 5 heteroatoms. The van der Waals surface area contributed by atoms with Gasteiger partial charge in [0.2, 0.25) is 0 Å². The van der Waals surface area contributed by atoms with Crippen LogP contribution in [0, 0.1) is 0 Å². The predicted molar refractivity (Wildman–Crippen MR) is 97.4 cm³/mol. The molecule has 0 unspecified atom stereocenters. The smallest absolute Gasteiger partial charge is 0.318 e. The number of nitrogens with one attached hydrogen (secondary N) is 1. The van der Waals surface area contributed by atoms with Gasteiger partial charge in [0.05, 0.1) is 18.3 Å². The monoisotopic (exact) mass is 338 g/mol. The van der Waals surface area contributed by atoms with Crippen LogP contribution in [-0.4, -0.2) is 27.8 Å². The van der Waals surface area contributed by atoms with Gasteiger partial charge in [0.15, 0.2) is 0 Å². The Balaban J connectivity index is 1.50. The lowest BCUT2D eigenvalue weighted by Gasteiger charge is -2.26. The summed E-state index contributed by atoms with van der Waals surface area (Å²) >= 11 is 0. The highest BCUT2D eigenvalue weighted by Crippen LogP contribution is 2.47. The first-order valence-corrected chi connectivity index (χ1v) is 9.18. The van der Waals surface area contributed by atoms with Crippen molar-refractivity contribution in [2.75, 3.05) is 7.05 Å². The molecule has 25 heavy (non-hydrogen) atoms. The highest BCUT2D eigenvalue weighted by molar-refractivity contribution is 5.75. The summed E-state index contributed by atoms with van der Waals surface area (Å²) in [6.07, 6.45) is 8.51. The molecule has 0 aliphatic heterocycles. The normalized spacial score (nSPS) is 22.4. The van der Waals surface area contributed by atoms with Crippen LogP contribution >= 0.6 is 0 Å². The van der Waals surface area contributed by atoms with Crippen LogP contribution in [-0.2, 0) is 13.5 Å². The first kappa shape index (κ1) is 16.2. The first-order chi connectivity index (χ1) is 12.0. The van der Waals surface area contributed by atoms with Crippen LogP contribution in [0.3, 0.4) is 0 Å². The summed E-state index contributed by atoms with van der Waals surface area (Å²) in [5.41, 5.74) is 5.38. The van der Waals surface area contributed by atoms with Gasteiger partial charge in [-0.3, -0.25) is 4.68 Å². The summed E-state index contributed by atoms with van der Waals surface area (Å²) in [4.78, 5) is 14.6. The Morgan fingerprint density at radius 1 is 1.44 bits per heavy atom. The maximum Gasteiger partial charge on any atom is 0.318 e. The van der Waals surface area contributed by atoms with E-state index in [2.05, 4.69) is 28.6 Å². The number of carbonyl (C=O) groups is 1. The fourth-order valence-corrected chi connectivity index (χ4v) is 4.43. The van der Waals surface area contributed by atoms with Crippen molar-refractivity contribution in [1.29, 1.82) is 0 Å². The van der Waals surface area contributed by atoms with E-state index in [0.717, 1.165) is 12.0 Å². The van der Waals surface area contributed by atoms with E-state index in [1.165, 1.54) is 36.0 Å². The van der Waals surface area contributed by atoms with E-state index in [-0.39, 0.29) is 18.1 Å². The second-order valence-corrected chi connectivity index (χ2v) is 7.48. The molecular formula is C20H26N4O. The van der Waals surface area contributed by atoms with Gasteiger partial charge in [0.1, 0.15) is 0 Å². The second kappa shape index (κ2) is 6.21. The molecule has 1 heterocycles. The molecule has 2 aliphatic carbocycles. The van der Waals surface area contributed by atoms with Crippen LogP contribution in [0.25, 0.3) is 0 Å². The maximum atomic E-state index is 12.8. The molecule has 1 N–H and O–H groups in total. The summed E-state index contributed by atoms with van der Waals surface area (Å²) in [5.74, 6) is 0.617. The predicted octanol–water partition coefficient (Wildman–Crippen LogP) is 3.69. The maximum absolute atomic E-state index is 12.8. The standard InChI is InChI=1S/C20H26N4O/c1-13(16-11-21-23(2)12-16)24(3)20(25)22-18-10-15-8-4-6-14-7-5-9-17(18)19(14)15/h5,7,9,11-13,15,18H,4,6,8,10H2,1-3H3,(H,22,25)/t13-,15+,18+/m1/s1. The van der Waals surface area contributed by atoms with Gasteiger partial charge in [-0.1, -0.05) is 18.2 Å². The lowest BCUT2D eigenvalue weighted by Crippen LogP contribution is -2.40. The lowest BCUT2D eigenvalue weighted by molar-refractivity contribution is 0.190. The fraction of sp³-hybridized carbons (Fsp3) is 0.500. The Morgan fingerprint density at radius 3 is 3.04 bits per heavy atom. The van der Waals surface area contributed by atoms with Crippen molar-refractivity contribution >= 4 is 6.03 Å². The molecule has 0 bridgehead atoms. The van der Waals surface area contributed by atoms with Crippen LogP contribution in [0.5, 0.6) is 0 Å². The number of hydrogen-bond donors (Lipinski definition) is 1. The zero-order valence-corrected chi connectivity index (χ0v) is 15.2. The van der Waals surface area contributed by atoms with Crippen molar-refractivity contribution < 1.29 is 4.79 Å². The summed E-state index contributed by atoms with van der Waals surface area (Å²) in [5, 5.41) is 7.48. The van der Waals surface area contributed by atoms with Crippen LogP contribution < -0.4 is 5.32 Å². The molecule has 0 fully saturated rings. The average Bonchev–Trinajstić information content (AvgIpc) is 3.20. The number of amides is 2. The lowest BCUT2D eigenvalue weighted by atomic mass is 9.84. The van der Waals surface area contributed by atoms with Crippen molar-refractivity contribution in [1.82, 2.24) is 20.0 Å². The third kappa shape index (κ3) is 2.81. The topological polar surface area (TPSA) is 50.2 Å².